The molecule has 134 valence electrons. The zero-order chi connectivity index (χ0) is 18.7. The van der Waals surface area contributed by atoms with E-state index < -0.39 is 0 Å². The Morgan fingerprint density at radius 3 is 2.81 bits per heavy atom. The molecule has 1 N–H and O–H groups in total. The first-order valence-corrected chi connectivity index (χ1v) is 8.47. The maximum atomic E-state index is 13.3. The molecule has 1 atom stereocenters. The average molecular weight is 352 g/mol. The second kappa shape index (κ2) is 7.52. The first-order chi connectivity index (χ1) is 12.5. The molecule has 2 aromatic carbocycles. The van der Waals surface area contributed by atoms with Crippen molar-refractivity contribution in [2.45, 2.75) is 26.3 Å². The van der Waals surface area contributed by atoms with Crippen LogP contribution in [0.1, 0.15) is 28.5 Å². The van der Waals surface area contributed by atoms with Crippen molar-refractivity contribution in [1.82, 2.24) is 10.3 Å². The maximum absolute atomic E-state index is 13.3. The Bertz CT molecular complexity index is 956. The van der Waals surface area contributed by atoms with Crippen LogP contribution in [0.2, 0.25) is 0 Å². The van der Waals surface area contributed by atoms with Crippen molar-refractivity contribution >= 4 is 16.8 Å². The molecular weight excluding hydrogens is 331 g/mol. The molecule has 1 amide bonds. The summed E-state index contributed by atoms with van der Waals surface area (Å²) in [4.78, 5) is 17.0. The minimum Gasteiger partial charge on any atom is -0.497 e. The molecule has 0 aliphatic carbocycles. The summed E-state index contributed by atoms with van der Waals surface area (Å²) < 4.78 is 18.6. The molecule has 0 spiro atoms. The van der Waals surface area contributed by atoms with Crippen molar-refractivity contribution in [3.63, 3.8) is 0 Å². The molecule has 3 aromatic rings. The van der Waals surface area contributed by atoms with Gasteiger partial charge >= 0.3 is 0 Å². The van der Waals surface area contributed by atoms with E-state index in [0.717, 1.165) is 16.7 Å². The van der Waals surface area contributed by atoms with E-state index in [1.165, 1.54) is 12.1 Å². The van der Waals surface area contributed by atoms with E-state index in [0.29, 0.717) is 23.2 Å². The molecular formula is C21H21FN2O2. The van der Waals surface area contributed by atoms with Gasteiger partial charge < -0.3 is 10.1 Å². The van der Waals surface area contributed by atoms with Crippen LogP contribution >= 0.6 is 0 Å². The molecule has 5 heteroatoms. The Balaban J connectivity index is 1.75. The summed E-state index contributed by atoms with van der Waals surface area (Å²) in [5, 5.41) is 3.74. The van der Waals surface area contributed by atoms with Gasteiger partial charge in [-0.2, -0.15) is 0 Å². The van der Waals surface area contributed by atoms with E-state index in [1.54, 1.807) is 26.2 Å². The molecule has 0 saturated carbocycles. The Morgan fingerprint density at radius 1 is 1.23 bits per heavy atom. The number of fused-ring (bicyclic) bond motifs is 1. The van der Waals surface area contributed by atoms with Gasteiger partial charge in [0.2, 0.25) is 0 Å². The van der Waals surface area contributed by atoms with Gasteiger partial charge in [-0.05, 0) is 56.2 Å². The molecule has 1 unspecified atom stereocenters. The van der Waals surface area contributed by atoms with E-state index in [1.807, 2.05) is 31.2 Å². The Morgan fingerprint density at radius 2 is 2.04 bits per heavy atom. The molecule has 0 saturated heterocycles. The molecule has 0 aliphatic rings. The summed E-state index contributed by atoms with van der Waals surface area (Å²) in [6, 6.07) is 13.8. The molecule has 0 radical (unpaired) electrons. The van der Waals surface area contributed by atoms with E-state index in [-0.39, 0.29) is 17.8 Å². The predicted octanol–water partition coefficient (Wildman–Crippen LogP) is 4.05. The Labute approximate surface area is 152 Å². The molecule has 0 bridgehead atoms. The van der Waals surface area contributed by atoms with Gasteiger partial charge in [-0.25, -0.2) is 4.39 Å². The van der Waals surface area contributed by atoms with Crippen LogP contribution in [0.4, 0.5) is 4.39 Å². The first-order valence-electron chi connectivity index (χ1n) is 8.47. The number of carbonyl (C=O) groups excluding carboxylic acids is 1. The van der Waals surface area contributed by atoms with Crippen LogP contribution in [-0.2, 0) is 6.42 Å². The van der Waals surface area contributed by atoms with Gasteiger partial charge in [0.1, 0.15) is 11.6 Å². The highest BCUT2D eigenvalue weighted by Crippen LogP contribution is 2.18. The molecule has 0 fully saturated rings. The zero-order valence-electron chi connectivity index (χ0n) is 15.0. The van der Waals surface area contributed by atoms with Gasteiger partial charge in [0.05, 0.1) is 23.9 Å². The van der Waals surface area contributed by atoms with Crippen LogP contribution in [0, 0.1) is 12.7 Å². The predicted molar refractivity (Wildman–Crippen MR) is 100 cm³/mol. The number of nitrogens with zero attached hydrogens (tertiary/aromatic N) is 1. The topological polar surface area (TPSA) is 51.2 Å². The number of ether oxygens (including phenoxy) is 1. The molecule has 1 heterocycles. The molecule has 4 nitrogen and oxygen atoms in total. The van der Waals surface area contributed by atoms with Crippen LogP contribution in [0.25, 0.3) is 10.9 Å². The van der Waals surface area contributed by atoms with Crippen LogP contribution in [0.15, 0.2) is 48.5 Å². The minimum atomic E-state index is -0.339. The molecule has 1 aromatic heterocycles. The highest BCUT2D eigenvalue weighted by atomic mass is 19.1. The highest BCUT2D eigenvalue weighted by Gasteiger charge is 2.15. The number of benzene rings is 2. The van der Waals surface area contributed by atoms with E-state index in [2.05, 4.69) is 10.3 Å². The Kier molecular flexibility index (Phi) is 5.16. The van der Waals surface area contributed by atoms with E-state index in [9.17, 15) is 9.18 Å². The lowest BCUT2D eigenvalue weighted by molar-refractivity contribution is 0.0939. The lowest BCUT2D eigenvalue weighted by Crippen LogP contribution is -2.34. The third-order valence-corrected chi connectivity index (χ3v) is 4.27. The summed E-state index contributed by atoms with van der Waals surface area (Å²) in [5.74, 6) is 0.271. The third-order valence-electron chi connectivity index (χ3n) is 4.27. The second-order valence-electron chi connectivity index (χ2n) is 6.39. The monoisotopic (exact) mass is 352 g/mol. The quantitative estimate of drug-likeness (QED) is 0.754. The number of pyridine rings is 1. The van der Waals surface area contributed by atoms with Gasteiger partial charge in [-0.3, -0.25) is 9.78 Å². The number of nitrogens with one attached hydrogen (secondary N) is 1. The Hall–Kier alpha value is -2.95. The number of rotatable bonds is 5. The van der Waals surface area contributed by atoms with E-state index in [4.69, 9.17) is 4.74 Å². The van der Waals surface area contributed by atoms with Crippen molar-refractivity contribution in [2.24, 2.45) is 0 Å². The number of methoxy groups -OCH3 is 1. The highest BCUT2D eigenvalue weighted by molar-refractivity contribution is 5.98. The second-order valence-corrected chi connectivity index (χ2v) is 6.39. The maximum Gasteiger partial charge on any atom is 0.253 e. The number of hydrogen-bond acceptors (Lipinski definition) is 3. The summed E-state index contributed by atoms with van der Waals surface area (Å²) in [5.41, 5.74) is 2.71. The van der Waals surface area contributed by atoms with Gasteiger partial charge in [0.25, 0.3) is 5.91 Å². The summed E-state index contributed by atoms with van der Waals surface area (Å²) in [6.07, 6.45) is 0.689. The fourth-order valence-electron chi connectivity index (χ4n) is 2.97. The number of carbonyl (C=O) groups is 1. The van der Waals surface area contributed by atoms with Gasteiger partial charge in [-0.1, -0.05) is 12.1 Å². The lowest BCUT2D eigenvalue weighted by atomic mass is 10.1. The van der Waals surface area contributed by atoms with Crippen molar-refractivity contribution in [3.05, 3.63) is 71.2 Å². The van der Waals surface area contributed by atoms with Crippen molar-refractivity contribution in [2.75, 3.05) is 7.11 Å². The SMILES string of the molecule is COc1cccc(CC(C)NC(=O)c2cc3ccc(F)cc3nc2C)c1. The summed E-state index contributed by atoms with van der Waals surface area (Å²) in [7, 11) is 1.63. The molecule has 0 aliphatic heterocycles. The normalized spacial score (nSPS) is 12.0. The standard InChI is InChI=1S/C21H21FN2O2/c1-13(9-15-5-4-6-18(10-15)26-3)23-21(25)19-11-16-7-8-17(22)12-20(16)24-14(19)2/h4-8,10-13H,9H2,1-3H3,(H,23,25). The van der Waals surface area contributed by atoms with Gasteiger partial charge in [0.15, 0.2) is 0 Å². The van der Waals surface area contributed by atoms with E-state index >= 15 is 0 Å². The zero-order valence-corrected chi connectivity index (χ0v) is 15.0. The van der Waals surface area contributed by atoms with Crippen LogP contribution in [0.5, 0.6) is 5.75 Å². The fourth-order valence-corrected chi connectivity index (χ4v) is 2.97. The number of aryl methyl sites for hydroxylation is 1. The largest absolute Gasteiger partial charge is 0.497 e. The van der Waals surface area contributed by atoms with Gasteiger partial charge in [-0.15, -0.1) is 0 Å². The van der Waals surface area contributed by atoms with Crippen LogP contribution in [0.3, 0.4) is 0 Å². The minimum absolute atomic E-state index is 0.0575. The lowest BCUT2D eigenvalue weighted by Gasteiger charge is -2.16. The summed E-state index contributed by atoms with van der Waals surface area (Å²) >= 11 is 0. The van der Waals surface area contributed by atoms with Gasteiger partial charge in [0, 0.05) is 17.5 Å². The van der Waals surface area contributed by atoms with Crippen molar-refractivity contribution in [3.8, 4) is 5.75 Å². The number of amides is 1. The number of halogens is 1. The molecule has 26 heavy (non-hydrogen) atoms. The smallest absolute Gasteiger partial charge is 0.253 e. The van der Waals surface area contributed by atoms with Crippen LogP contribution in [-0.4, -0.2) is 24.0 Å². The number of aromatic nitrogens is 1. The summed E-state index contributed by atoms with van der Waals surface area (Å²) in [6.45, 7) is 3.71. The van der Waals surface area contributed by atoms with Crippen molar-refractivity contribution < 1.29 is 13.9 Å². The third kappa shape index (κ3) is 3.99. The number of hydrogen-bond donors (Lipinski definition) is 1. The average Bonchev–Trinajstić information content (AvgIpc) is 2.60. The first kappa shape index (κ1) is 17.9. The molecule has 3 rings (SSSR count). The fraction of sp³-hybridized carbons (Fsp3) is 0.238. The van der Waals surface area contributed by atoms with Crippen molar-refractivity contribution in [1.29, 1.82) is 0 Å². The van der Waals surface area contributed by atoms with Crippen LogP contribution < -0.4 is 10.1 Å².